The van der Waals surface area contributed by atoms with Crippen molar-refractivity contribution in [3.05, 3.63) is 70.8 Å². The molecule has 38 heavy (non-hydrogen) atoms. The molecule has 1 fully saturated rings. The van der Waals surface area contributed by atoms with E-state index in [9.17, 15) is 14.7 Å². The van der Waals surface area contributed by atoms with Gasteiger partial charge in [0.25, 0.3) is 5.91 Å². The number of aliphatic hydroxyl groups is 1. The van der Waals surface area contributed by atoms with E-state index in [2.05, 4.69) is 16.7 Å². The zero-order valence-corrected chi connectivity index (χ0v) is 21.6. The predicted octanol–water partition coefficient (Wildman–Crippen LogP) is 0.626. The summed E-state index contributed by atoms with van der Waals surface area (Å²) in [5, 5.41) is 18.7. The van der Waals surface area contributed by atoms with E-state index in [-0.39, 0.29) is 11.4 Å². The second-order valence-electron chi connectivity index (χ2n) is 8.98. The molecule has 11 heteroatoms. The van der Waals surface area contributed by atoms with Crippen LogP contribution in [0.5, 0.6) is 0 Å². The molecule has 5 rings (SSSR count). The van der Waals surface area contributed by atoms with Gasteiger partial charge >= 0.3 is 0 Å². The summed E-state index contributed by atoms with van der Waals surface area (Å²) in [6.07, 6.45) is 0.0704. The third-order valence-corrected chi connectivity index (χ3v) is 6.59. The van der Waals surface area contributed by atoms with Gasteiger partial charge in [0.2, 0.25) is 0 Å². The van der Waals surface area contributed by atoms with Crippen molar-refractivity contribution in [2.75, 3.05) is 29.4 Å². The number of piperidine rings is 1. The van der Waals surface area contributed by atoms with Gasteiger partial charge in [-0.05, 0) is 51.0 Å². The number of ketones is 1. The number of hydrazine groups is 1. The number of hydrogen-bond acceptors (Lipinski definition) is 9. The number of nitriles is 1. The molecule has 0 spiro atoms. The number of nitrogens with zero attached hydrogens (tertiary/aromatic N) is 4. The fraction of sp³-hybridized carbons (Fsp3) is 0.333. The minimum atomic E-state index is -1.20. The number of carbonyl (C=O) groups is 2. The van der Waals surface area contributed by atoms with Gasteiger partial charge in [-0.1, -0.05) is 35.4 Å². The molecule has 2 aromatic rings. The van der Waals surface area contributed by atoms with Gasteiger partial charge in [-0.3, -0.25) is 26.3 Å². The Balaban J connectivity index is 0.000000245. The minimum absolute atomic E-state index is 0. The second-order valence-corrected chi connectivity index (χ2v) is 8.98. The van der Waals surface area contributed by atoms with Crippen LogP contribution in [0, 0.1) is 31.1 Å². The molecule has 0 radical (unpaired) electrons. The van der Waals surface area contributed by atoms with E-state index >= 15 is 0 Å². The number of rotatable bonds is 2. The number of benzene rings is 2. The van der Waals surface area contributed by atoms with E-state index < -0.39 is 17.9 Å². The van der Waals surface area contributed by atoms with Crippen molar-refractivity contribution >= 4 is 28.9 Å². The molecule has 2 unspecified atom stereocenters. The highest BCUT2D eigenvalue weighted by Crippen LogP contribution is 2.28. The van der Waals surface area contributed by atoms with Crippen molar-refractivity contribution in [1.82, 2.24) is 0 Å². The fourth-order valence-electron chi connectivity index (χ4n) is 4.45. The fourth-order valence-corrected chi connectivity index (χ4v) is 4.45. The van der Waals surface area contributed by atoms with Gasteiger partial charge in [0.15, 0.2) is 12.0 Å². The standard InChI is InChI=1S/C14H15N3O.C13H14N2O2.H4N2.H2O/c1-9-2-4-10(5-3-9)17-7-6-11-12(14(17)18)8-16-13(11)15;1-9-2-4-11(5-3-9)15-7-6-10(8-14)12(16)13(15)17;1-2;/h2-5H,6-8H2,1H3,(H2,15,16);2-5,10,13,17H,6-7H2,1H3;1-2H2;1H2. The molecular weight excluding hydrogens is 486 g/mol. The van der Waals surface area contributed by atoms with Gasteiger partial charge in [0, 0.05) is 35.6 Å². The summed E-state index contributed by atoms with van der Waals surface area (Å²) in [6.45, 7) is 5.65. The van der Waals surface area contributed by atoms with E-state index in [0.717, 1.165) is 34.5 Å². The summed E-state index contributed by atoms with van der Waals surface area (Å²) in [4.78, 5) is 31.7. The molecule has 0 aliphatic carbocycles. The molecule has 1 saturated heterocycles. The number of Topliss-reactive ketones (excluding diaryl/α,β-unsaturated/α-hetero) is 1. The molecule has 9 N–H and O–H groups in total. The number of amides is 1. The molecule has 3 heterocycles. The predicted molar refractivity (Wildman–Crippen MR) is 147 cm³/mol. The molecule has 0 bridgehead atoms. The van der Waals surface area contributed by atoms with E-state index in [1.165, 1.54) is 5.56 Å². The maximum atomic E-state index is 12.4. The minimum Gasteiger partial charge on any atom is -0.412 e. The van der Waals surface area contributed by atoms with Crippen LogP contribution in [0.1, 0.15) is 24.0 Å². The van der Waals surface area contributed by atoms with Gasteiger partial charge < -0.3 is 26.1 Å². The van der Waals surface area contributed by atoms with Crippen LogP contribution in [0.15, 0.2) is 64.7 Å². The first-order valence-corrected chi connectivity index (χ1v) is 12.0. The Morgan fingerprint density at radius 3 is 2.05 bits per heavy atom. The first-order valence-electron chi connectivity index (χ1n) is 12.0. The average Bonchev–Trinajstić information content (AvgIpc) is 3.30. The number of aryl methyl sites for hydroxylation is 2. The summed E-state index contributed by atoms with van der Waals surface area (Å²) in [5.41, 5.74) is 11.6. The number of nitrogens with two attached hydrogens (primary N) is 3. The first kappa shape index (κ1) is 30.1. The van der Waals surface area contributed by atoms with Crippen LogP contribution in [0.3, 0.4) is 0 Å². The quantitative estimate of drug-likeness (QED) is 0.325. The summed E-state index contributed by atoms with van der Waals surface area (Å²) >= 11 is 0. The van der Waals surface area contributed by atoms with Gasteiger partial charge in [0.05, 0.1) is 12.6 Å². The Bertz CT molecular complexity index is 1230. The number of anilines is 2. The van der Waals surface area contributed by atoms with Crippen molar-refractivity contribution in [3.63, 3.8) is 0 Å². The first-order chi connectivity index (χ1) is 17.8. The number of aliphatic hydroxyl groups excluding tert-OH is 1. The van der Waals surface area contributed by atoms with E-state index in [1.807, 2.05) is 73.3 Å². The SMILES string of the molecule is Cc1ccc(N2CCC(C#N)C(=O)C2O)cc1.Cc1ccc(N2CCC3=C(CN=C3N)C2=O)cc1.NN.O. The highest BCUT2D eigenvalue weighted by molar-refractivity contribution is 6.15. The van der Waals surface area contributed by atoms with Crippen molar-refractivity contribution in [1.29, 1.82) is 5.26 Å². The maximum Gasteiger partial charge on any atom is 0.256 e. The number of amidine groups is 1. The molecular formula is C27H35N7O4. The molecule has 0 saturated carbocycles. The van der Waals surface area contributed by atoms with Crippen LogP contribution >= 0.6 is 0 Å². The lowest BCUT2D eigenvalue weighted by Crippen LogP contribution is -2.49. The van der Waals surface area contributed by atoms with Crippen molar-refractivity contribution in [3.8, 4) is 6.07 Å². The average molecular weight is 522 g/mol. The van der Waals surface area contributed by atoms with E-state index in [1.54, 1.807) is 4.90 Å². The Kier molecular flexibility index (Phi) is 10.7. The van der Waals surface area contributed by atoms with E-state index in [4.69, 9.17) is 11.0 Å². The smallest absolute Gasteiger partial charge is 0.256 e. The van der Waals surface area contributed by atoms with Gasteiger partial charge in [0.1, 0.15) is 11.8 Å². The number of aliphatic imine (C=N–C) groups is 1. The van der Waals surface area contributed by atoms with E-state index in [0.29, 0.717) is 31.9 Å². The molecule has 3 aliphatic heterocycles. The third-order valence-electron chi connectivity index (χ3n) is 6.59. The molecule has 2 atom stereocenters. The van der Waals surface area contributed by atoms with Crippen molar-refractivity contribution < 1.29 is 20.2 Å². The number of hydrogen-bond donors (Lipinski definition) is 4. The van der Waals surface area contributed by atoms with Crippen LogP contribution in [0.4, 0.5) is 11.4 Å². The summed E-state index contributed by atoms with van der Waals surface area (Å²) in [6, 6.07) is 17.6. The number of carbonyl (C=O) groups excluding carboxylic acids is 2. The van der Waals surface area contributed by atoms with Crippen LogP contribution in [0.2, 0.25) is 0 Å². The van der Waals surface area contributed by atoms with Crippen molar-refractivity contribution in [2.45, 2.75) is 32.9 Å². The van der Waals surface area contributed by atoms with Gasteiger partial charge in [-0.2, -0.15) is 5.26 Å². The molecule has 3 aliphatic rings. The summed E-state index contributed by atoms with van der Waals surface area (Å²) < 4.78 is 0. The summed E-state index contributed by atoms with van der Waals surface area (Å²) in [5.74, 6) is 7.51. The highest BCUT2D eigenvalue weighted by atomic mass is 16.3. The lowest BCUT2D eigenvalue weighted by molar-refractivity contribution is -0.131. The lowest BCUT2D eigenvalue weighted by Gasteiger charge is -2.34. The third kappa shape index (κ3) is 6.42. The maximum absolute atomic E-state index is 12.4. The Hall–Kier alpha value is -4.08. The molecule has 202 valence electrons. The second kappa shape index (κ2) is 13.5. The normalized spacial score (nSPS) is 20.2. The monoisotopic (exact) mass is 521 g/mol. The van der Waals surface area contributed by atoms with Crippen LogP contribution in [-0.4, -0.2) is 54.0 Å². The molecule has 0 aromatic heterocycles. The zero-order chi connectivity index (χ0) is 27.1. The van der Waals surface area contributed by atoms with Gasteiger partial charge in [-0.15, -0.1) is 0 Å². The Morgan fingerprint density at radius 1 is 0.947 bits per heavy atom. The van der Waals surface area contributed by atoms with Crippen molar-refractivity contribution in [2.24, 2.45) is 28.3 Å². The molecule has 11 nitrogen and oxygen atoms in total. The highest BCUT2D eigenvalue weighted by Gasteiger charge is 2.35. The Labute approximate surface area is 222 Å². The topological polar surface area (TPSA) is 207 Å². The summed E-state index contributed by atoms with van der Waals surface area (Å²) in [7, 11) is 0. The van der Waals surface area contributed by atoms with Crippen LogP contribution < -0.4 is 27.2 Å². The largest absolute Gasteiger partial charge is 0.412 e. The molecule has 2 aromatic carbocycles. The Morgan fingerprint density at radius 2 is 1.50 bits per heavy atom. The van der Waals surface area contributed by atoms with Gasteiger partial charge in [-0.25, -0.2) is 0 Å². The van der Waals surface area contributed by atoms with Crippen LogP contribution in [0.25, 0.3) is 0 Å². The molecule has 1 amide bonds. The van der Waals surface area contributed by atoms with Crippen LogP contribution in [-0.2, 0) is 9.59 Å². The lowest BCUT2D eigenvalue weighted by atomic mass is 9.95. The zero-order valence-electron chi connectivity index (χ0n) is 21.6.